The first-order valence-corrected chi connectivity index (χ1v) is 3.62. The summed E-state index contributed by atoms with van der Waals surface area (Å²) in [6.07, 6.45) is 0.506. The van der Waals surface area contributed by atoms with Crippen molar-refractivity contribution in [2.24, 2.45) is 5.73 Å². The van der Waals surface area contributed by atoms with Gasteiger partial charge in [0.25, 0.3) is 0 Å². The van der Waals surface area contributed by atoms with Gasteiger partial charge in [0.15, 0.2) is 0 Å². The summed E-state index contributed by atoms with van der Waals surface area (Å²) in [6.45, 7) is 6.24. The summed E-state index contributed by atoms with van der Waals surface area (Å²) >= 11 is 0. The van der Waals surface area contributed by atoms with Crippen molar-refractivity contribution in [3.05, 3.63) is 11.9 Å². The molecule has 0 bridgehead atoms. The van der Waals surface area contributed by atoms with Crippen molar-refractivity contribution in [2.75, 3.05) is 13.2 Å². The van der Waals surface area contributed by atoms with Crippen LogP contribution in [-0.4, -0.2) is 18.8 Å². The second kappa shape index (κ2) is 4.46. The summed E-state index contributed by atoms with van der Waals surface area (Å²) in [5.41, 5.74) is 5.48. The third-order valence-electron chi connectivity index (χ3n) is 1.11. The van der Waals surface area contributed by atoms with E-state index < -0.39 is 0 Å². The Balaban J connectivity index is 3.70. The standard InChI is InChI=1S/C8H16FNO/c1-8(2,3)11-6-7(4-9)5-10/h4H,5-6,10H2,1-3H3/b7-4-. The van der Waals surface area contributed by atoms with E-state index in [1.807, 2.05) is 20.8 Å². The van der Waals surface area contributed by atoms with Gasteiger partial charge in [-0.15, -0.1) is 0 Å². The Morgan fingerprint density at radius 2 is 2.09 bits per heavy atom. The molecule has 0 fully saturated rings. The Bertz CT molecular complexity index is 138. The quantitative estimate of drug-likeness (QED) is 0.682. The van der Waals surface area contributed by atoms with E-state index in [2.05, 4.69) is 0 Å². The molecule has 0 aliphatic heterocycles. The van der Waals surface area contributed by atoms with Crippen LogP contribution in [0.3, 0.4) is 0 Å². The molecule has 0 aromatic heterocycles. The lowest BCUT2D eigenvalue weighted by Gasteiger charge is -2.19. The van der Waals surface area contributed by atoms with Crippen LogP contribution < -0.4 is 5.73 Å². The molecule has 2 nitrogen and oxygen atoms in total. The van der Waals surface area contributed by atoms with Gasteiger partial charge in [0.1, 0.15) is 0 Å². The van der Waals surface area contributed by atoms with Crippen molar-refractivity contribution in [1.29, 1.82) is 0 Å². The Morgan fingerprint density at radius 3 is 2.36 bits per heavy atom. The van der Waals surface area contributed by atoms with Gasteiger partial charge >= 0.3 is 0 Å². The van der Waals surface area contributed by atoms with Gasteiger partial charge in [0, 0.05) is 6.54 Å². The molecule has 2 N–H and O–H groups in total. The first kappa shape index (κ1) is 10.6. The zero-order chi connectivity index (χ0) is 8.91. The van der Waals surface area contributed by atoms with E-state index >= 15 is 0 Å². The molecule has 0 heterocycles. The molecule has 3 heteroatoms. The maximum absolute atomic E-state index is 11.9. The molecule has 0 radical (unpaired) electrons. The van der Waals surface area contributed by atoms with E-state index in [1.54, 1.807) is 0 Å². The van der Waals surface area contributed by atoms with Gasteiger partial charge in [0.05, 0.1) is 18.5 Å². The van der Waals surface area contributed by atoms with Crippen molar-refractivity contribution in [3.63, 3.8) is 0 Å². The number of hydrogen-bond acceptors (Lipinski definition) is 2. The van der Waals surface area contributed by atoms with Crippen LogP contribution in [0, 0.1) is 0 Å². The number of halogens is 1. The molecule has 0 spiro atoms. The fourth-order valence-electron chi connectivity index (χ4n) is 0.444. The predicted octanol–water partition coefficient (Wildman–Crippen LogP) is 1.61. The third kappa shape index (κ3) is 6.01. The Morgan fingerprint density at radius 1 is 1.55 bits per heavy atom. The van der Waals surface area contributed by atoms with Crippen LogP contribution in [0.15, 0.2) is 11.9 Å². The topological polar surface area (TPSA) is 35.2 Å². The molecular weight excluding hydrogens is 145 g/mol. The highest BCUT2D eigenvalue weighted by Gasteiger charge is 2.10. The number of rotatable bonds is 3. The summed E-state index contributed by atoms with van der Waals surface area (Å²) < 4.78 is 17.2. The zero-order valence-corrected chi connectivity index (χ0v) is 7.36. The monoisotopic (exact) mass is 161 g/mol. The van der Waals surface area contributed by atoms with Crippen LogP contribution in [0.5, 0.6) is 0 Å². The number of hydrogen-bond donors (Lipinski definition) is 1. The van der Waals surface area contributed by atoms with Crippen LogP contribution in [-0.2, 0) is 4.74 Å². The predicted molar refractivity (Wildman–Crippen MR) is 44.0 cm³/mol. The van der Waals surface area contributed by atoms with Gasteiger partial charge in [-0.2, -0.15) is 0 Å². The smallest absolute Gasteiger partial charge is 0.0894 e. The molecule has 0 saturated carbocycles. The van der Waals surface area contributed by atoms with Gasteiger partial charge in [-0.05, 0) is 26.3 Å². The molecule has 0 aromatic rings. The van der Waals surface area contributed by atoms with Crippen LogP contribution >= 0.6 is 0 Å². The van der Waals surface area contributed by atoms with E-state index in [0.29, 0.717) is 11.9 Å². The summed E-state index contributed by atoms with van der Waals surface area (Å²) in [4.78, 5) is 0. The fraction of sp³-hybridized carbons (Fsp3) is 0.750. The molecule has 0 saturated heterocycles. The molecule has 0 amide bonds. The van der Waals surface area contributed by atoms with Gasteiger partial charge in [0.2, 0.25) is 0 Å². The van der Waals surface area contributed by atoms with Gasteiger partial charge in [-0.3, -0.25) is 0 Å². The Kier molecular flexibility index (Phi) is 4.30. The average molecular weight is 161 g/mol. The van der Waals surface area contributed by atoms with Crippen molar-refractivity contribution in [1.82, 2.24) is 0 Å². The summed E-state index contributed by atoms with van der Waals surface area (Å²) in [6, 6.07) is 0. The van der Waals surface area contributed by atoms with Gasteiger partial charge < -0.3 is 10.5 Å². The number of ether oxygens (including phenoxy) is 1. The molecule has 0 aromatic carbocycles. The first-order chi connectivity index (χ1) is 4.99. The maximum atomic E-state index is 11.9. The van der Waals surface area contributed by atoms with E-state index in [9.17, 15) is 4.39 Å². The zero-order valence-electron chi connectivity index (χ0n) is 7.36. The lowest BCUT2D eigenvalue weighted by atomic mass is 10.2. The minimum Gasteiger partial charge on any atom is -0.371 e. The molecule has 66 valence electrons. The molecule has 0 unspecified atom stereocenters. The SMILES string of the molecule is CC(C)(C)OC/C(=C\F)CN. The molecule has 0 aliphatic rings. The van der Waals surface area contributed by atoms with E-state index in [0.717, 1.165) is 0 Å². The summed E-state index contributed by atoms with van der Waals surface area (Å²) in [5, 5.41) is 0. The highest BCUT2D eigenvalue weighted by Crippen LogP contribution is 2.08. The molecule has 11 heavy (non-hydrogen) atoms. The van der Waals surface area contributed by atoms with E-state index in [-0.39, 0.29) is 18.8 Å². The van der Waals surface area contributed by atoms with Crippen LogP contribution in [0.4, 0.5) is 4.39 Å². The van der Waals surface area contributed by atoms with Crippen molar-refractivity contribution in [3.8, 4) is 0 Å². The fourth-order valence-corrected chi connectivity index (χ4v) is 0.444. The highest BCUT2D eigenvalue weighted by atomic mass is 19.1. The summed E-state index contributed by atoms with van der Waals surface area (Å²) in [7, 11) is 0. The Labute approximate surface area is 67.2 Å². The first-order valence-electron chi connectivity index (χ1n) is 3.62. The third-order valence-corrected chi connectivity index (χ3v) is 1.11. The van der Waals surface area contributed by atoms with Gasteiger partial charge in [-0.1, -0.05) is 0 Å². The minimum atomic E-state index is -0.233. The Hall–Kier alpha value is -0.410. The molecule has 0 rings (SSSR count). The molecule has 0 aliphatic carbocycles. The number of nitrogens with two attached hydrogens (primary N) is 1. The summed E-state index contributed by atoms with van der Waals surface area (Å²) in [5.74, 6) is 0. The highest BCUT2D eigenvalue weighted by molar-refractivity contribution is 4.99. The van der Waals surface area contributed by atoms with Crippen molar-refractivity contribution < 1.29 is 9.13 Å². The van der Waals surface area contributed by atoms with E-state index in [1.165, 1.54) is 0 Å². The van der Waals surface area contributed by atoms with Crippen LogP contribution in [0.25, 0.3) is 0 Å². The van der Waals surface area contributed by atoms with Crippen LogP contribution in [0.1, 0.15) is 20.8 Å². The van der Waals surface area contributed by atoms with Gasteiger partial charge in [-0.25, -0.2) is 4.39 Å². The lowest BCUT2D eigenvalue weighted by molar-refractivity contribution is 0.0104. The molecule has 0 atom stereocenters. The van der Waals surface area contributed by atoms with Crippen molar-refractivity contribution in [2.45, 2.75) is 26.4 Å². The average Bonchev–Trinajstić information content (AvgIpc) is 1.88. The van der Waals surface area contributed by atoms with Crippen LogP contribution in [0.2, 0.25) is 0 Å². The second-order valence-electron chi connectivity index (χ2n) is 3.37. The molecular formula is C8H16FNO. The second-order valence-corrected chi connectivity index (χ2v) is 3.37. The largest absolute Gasteiger partial charge is 0.371 e. The van der Waals surface area contributed by atoms with E-state index in [4.69, 9.17) is 10.5 Å². The lowest BCUT2D eigenvalue weighted by Crippen LogP contribution is -2.22. The minimum absolute atomic E-state index is 0.215. The normalized spacial score (nSPS) is 13.7. The maximum Gasteiger partial charge on any atom is 0.0894 e. The van der Waals surface area contributed by atoms with Crippen molar-refractivity contribution >= 4 is 0 Å².